The molecule has 1 aromatic heterocycles. The van der Waals surface area contributed by atoms with Crippen molar-refractivity contribution in [3.63, 3.8) is 0 Å². The molecule has 3 N–H and O–H groups in total. The lowest BCUT2D eigenvalue weighted by Crippen LogP contribution is -2.15. The van der Waals surface area contributed by atoms with Gasteiger partial charge >= 0.3 is 0 Å². The van der Waals surface area contributed by atoms with E-state index in [1.165, 1.54) is 0 Å². The molecule has 0 saturated carbocycles. The fourth-order valence-corrected chi connectivity index (χ4v) is 2.75. The third-order valence-corrected chi connectivity index (χ3v) is 4.37. The van der Waals surface area contributed by atoms with Crippen molar-refractivity contribution in [3.05, 3.63) is 65.7 Å². The van der Waals surface area contributed by atoms with Crippen LogP contribution in [0.3, 0.4) is 0 Å². The molecular weight excluding hydrogens is 386 g/mol. The molecule has 3 rings (SSSR count). The molecule has 28 heavy (non-hydrogen) atoms. The van der Waals surface area contributed by atoms with Crippen LogP contribution in [0.25, 0.3) is 0 Å². The van der Waals surface area contributed by atoms with Crippen LogP contribution in [0, 0.1) is 11.6 Å². The van der Waals surface area contributed by atoms with E-state index in [-0.39, 0.29) is 11.4 Å². The molecule has 3 aromatic rings. The van der Waals surface area contributed by atoms with Crippen LogP contribution in [0.5, 0.6) is 0 Å². The number of benzene rings is 2. The van der Waals surface area contributed by atoms with Gasteiger partial charge in [-0.2, -0.15) is 10.1 Å². The third-order valence-electron chi connectivity index (χ3n) is 3.52. The summed E-state index contributed by atoms with van der Waals surface area (Å²) in [7, 11) is 0. The number of nitrogens with one attached hydrogen (secondary N) is 3. The smallest absolute Gasteiger partial charge is 0.240 e. The second-order valence-corrected chi connectivity index (χ2v) is 6.55. The predicted molar refractivity (Wildman–Crippen MR) is 104 cm³/mol. The summed E-state index contributed by atoms with van der Waals surface area (Å²) in [5.74, 6) is -1.61. The Hall–Kier alpha value is -3.27. The van der Waals surface area contributed by atoms with Crippen molar-refractivity contribution in [1.29, 1.82) is 0 Å². The SMILES string of the molecule is C/C(=N\Nc1nc(SCC(=O)Nc2cc(F)ccc2F)n[nH]1)c1ccccc1. The fraction of sp³-hybridized carbons (Fsp3) is 0.111. The van der Waals surface area contributed by atoms with Crippen LogP contribution in [0.2, 0.25) is 0 Å². The first kappa shape index (κ1) is 19.5. The van der Waals surface area contributed by atoms with Gasteiger partial charge in [0.2, 0.25) is 17.0 Å². The molecule has 144 valence electrons. The highest BCUT2D eigenvalue weighted by Crippen LogP contribution is 2.18. The summed E-state index contributed by atoms with van der Waals surface area (Å²) >= 11 is 1.04. The van der Waals surface area contributed by atoms with Gasteiger partial charge in [-0.05, 0) is 24.6 Å². The molecule has 2 aromatic carbocycles. The van der Waals surface area contributed by atoms with Gasteiger partial charge in [0.05, 0.1) is 17.2 Å². The number of hydrogen-bond acceptors (Lipinski definition) is 6. The molecule has 7 nitrogen and oxygen atoms in total. The molecule has 0 atom stereocenters. The molecule has 0 unspecified atom stereocenters. The zero-order chi connectivity index (χ0) is 19.9. The molecule has 0 aliphatic heterocycles. The van der Waals surface area contributed by atoms with Crippen molar-refractivity contribution in [2.24, 2.45) is 5.10 Å². The normalized spacial score (nSPS) is 11.3. The highest BCUT2D eigenvalue weighted by molar-refractivity contribution is 7.99. The van der Waals surface area contributed by atoms with E-state index >= 15 is 0 Å². The zero-order valence-corrected chi connectivity index (χ0v) is 15.6. The van der Waals surface area contributed by atoms with Gasteiger partial charge in [-0.1, -0.05) is 42.1 Å². The number of carbonyl (C=O) groups excluding carboxylic acids is 1. The highest BCUT2D eigenvalue weighted by Gasteiger charge is 2.11. The lowest BCUT2D eigenvalue weighted by molar-refractivity contribution is -0.113. The lowest BCUT2D eigenvalue weighted by atomic mass is 10.1. The Morgan fingerprint density at radius 1 is 1.21 bits per heavy atom. The van der Waals surface area contributed by atoms with E-state index < -0.39 is 17.5 Å². The van der Waals surface area contributed by atoms with E-state index in [0.717, 1.165) is 41.2 Å². The molecule has 0 radical (unpaired) electrons. The number of aromatic amines is 1. The Morgan fingerprint density at radius 3 is 2.79 bits per heavy atom. The largest absolute Gasteiger partial charge is 0.323 e. The number of hydrazone groups is 1. The monoisotopic (exact) mass is 402 g/mol. The molecule has 1 heterocycles. The summed E-state index contributed by atoms with van der Waals surface area (Å²) in [5.41, 5.74) is 4.27. The highest BCUT2D eigenvalue weighted by atomic mass is 32.2. The van der Waals surface area contributed by atoms with Crippen LogP contribution in [0.4, 0.5) is 20.4 Å². The molecule has 0 spiro atoms. The molecule has 1 amide bonds. The van der Waals surface area contributed by atoms with E-state index in [1.54, 1.807) is 0 Å². The van der Waals surface area contributed by atoms with Gasteiger partial charge < -0.3 is 5.32 Å². The first-order valence-corrected chi connectivity index (χ1v) is 9.15. The van der Waals surface area contributed by atoms with Crippen LogP contribution in [0.1, 0.15) is 12.5 Å². The summed E-state index contributed by atoms with van der Waals surface area (Å²) < 4.78 is 26.7. The van der Waals surface area contributed by atoms with Crippen molar-refractivity contribution in [3.8, 4) is 0 Å². The number of nitrogens with zero attached hydrogens (tertiary/aromatic N) is 3. The first-order valence-electron chi connectivity index (χ1n) is 8.17. The zero-order valence-electron chi connectivity index (χ0n) is 14.7. The van der Waals surface area contributed by atoms with Gasteiger partial charge in [0.1, 0.15) is 11.6 Å². The lowest BCUT2D eigenvalue weighted by Gasteiger charge is -2.05. The van der Waals surface area contributed by atoms with Crippen LogP contribution >= 0.6 is 11.8 Å². The molecule has 0 aliphatic rings. The third kappa shape index (κ3) is 5.36. The summed E-state index contributed by atoms with van der Waals surface area (Å²) in [6, 6.07) is 12.5. The van der Waals surface area contributed by atoms with Crippen molar-refractivity contribution in [2.75, 3.05) is 16.5 Å². The van der Waals surface area contributed by atoms with Crippen molar-refractivity contribution in [1.82, 2.24) is 15.2 Å². The average Bonchev–Trinajstić information content (AvgIpc) is 3.16. The minimum absolute atomic E-state index is 0.0699. The number of anilines is 2. The second kappa shape index (κ2) is 9.09. The van der Waals surface area contributed by atoms with Gasteiger partial charge in [-0.25, -0.2) is 19.3 Å². The molecule has 0 aliphatic carbocycles. The van der Waals surface area contributed by atoms with Gasteiger partial charge in [0.15, 0.2) is 0 Å². The van der Waals surface area contributed by atoms with Crippen LogP contribution in [-0.4, -0.2) is 32.6 Å². The van der Waals surface area contributed by atoms with Crippen LogP contribution < -0.4 is 10.7 Å². The number of aromatic nitrogens is 3. The maximum absolute atomic E-state index is 13.5. The number of carbonyl (C=O) groups is 1. The number of rotatable bonds is 7. The van der Waals surface area contributed by atoms with E-state index in [2.05, 4.69) is 31.0 Å². The van der Waals surface area contributed by atoms with E-state index in [1.807, 2.05) is 37.3 Å². The maximum Gasteiger partial charge on any atom is 0.240 e. The van der Waals surface area contributed by atoms with Crippen LogP contribution in [-0.2, 0) is 4.79 Å². The Morgan fingerprint density at radius 2 is 2.00 bits per heavy atom. The van der Waals surface area contributed by atoms with Crippen molar-refractivity contribution < 1.29 is 13.6 Å². The van der Waals surface area contributed by atoms with Gasteiger partial charge in [-0.15, -0.1) is 5.10 Å². The quantitative estimate of drug-likeness (QED) is 0.319. The average molecular weight is 402 g/mol. The van der Waals surface area contributed by atoms with Crippen LogP contribution in [0.15, 0.2) is 58.8 Å². The topological polar surface area (TPSA) is 95.1 Å². The van der Waals surface area contributed by atoms with E-state index in [4.69, 9.17) is 0 Å². The summed E-state index contributed by atoms with van der Waals surface area (Å²) in [6.45, 7) is 1.85. The Balaban J connectivity index is 1.52. The Bertz CT molecular complexity index is 993. The second-order valence-electron chi connectivity index (χ2n) is 5.60. The van der Waals surface area contributed by atoms with Gasteiger partial charge in [0.25, 0.3) is 0 Å². The van der Waals surface area contributed by atoms with Crippen molar-refractivity contribution in [2.45, 2.75) is 12.1 Å². The number of amides is 1. The molecule has 0 bridgehead atoms. The maximum atomic E-state index is 13.5. The molecule has 0 fully saturated rings. The van der Waals surface area contributed by atoms with E-state index in [9.17, 15) is 13.6 Å². The molecular formula is C18H16F2N6OS. The summed E-state index contributed by atoms with van der Waals surface area (Å²) in [6.07, 6.45) is 0. The Kier molecular flexibility index (Phi) is 6.33. The minimum atomic E-state index is -0.712. The first-order chi connectivity index (χ1) is 13.5. The number of hydrogen-bond donors (Lipinski definition) is 3. The molecule has 0 saturated heterocycles. The number of halogens is 2. The van der Waals surface area contributed by atoms with E-state index in [0.29, 0.717) is 11.1 Å². The molecule has 10 heteroatoms. The Labute approximate surface area is 163 Å². The number of thioether (sulfide) groups is 1. The number of H-pyrrole nitrogens is 1. The fourth-order valence-electron chi connectivity index (χ4n) is 2.15. The van der Waals surface area contributed by atoms with Gasteiger partial charge in [0, 0.05) is 6.07 Å². The summed E-state index contributed by atoms with van der Waals surface area (Å²) in [5, 5.41) is 13.5. The summed E-state index contributed by atoms with van der Waals surface area (Å²) in [4.78, 5) is 16.1. The standard InChI is InChI=1S/C18H16F2N6OS/c1-11(12-5-3-2-4-6-12)23-24-17-22-18(26-25-17)28-10-16(27)21-15-9-13(19)7-8-14(15)20/h2-9H,10H2,1H3,(H,21,27)(H2,22,24,25,26)/b23-11+. The van der Waals surface area contributed by atoms with Crippen molar-refractivity contribution >= 4 is 35.0 Å². The van der Waals surface area contributed by atoms with Gasteiger partial charge in [-0.3, -0.25) is 4.79 Å². The predicted octanol–water partition coefficient (Wildman–Crippen LogP) is 3.65. The minimum Gasteiger partial charge on any atom is -0.323 e.